The molecule has 0 unspecified atom stereocenters. The number of anilines is 2. The second kappa shape index (κ2) is 7.68. The molecule has 0 saturated heterocycles. The van der Waals surface area contributed by atoms with Crippen LogP contribution in [0.2, 0.25) is 0 Å². The van der Waals surface area contributed by atoms with Gasteiger partial charge in [-0.2, -0.15) is 15.0 Å². The summed E-state index contributed by atoms with van der Waals surface area (Å²) in [6.45, 7) is 8.61. The summed E-state index contributed by atoms with van der Waals surface area (Å²) in [5.41, 5.74) is 5.68. The number of nitrogen functional groups attached to an aromatic ring is 1. The van der Waals surface area contributed by atoms with Crippen molar-refractivity contribution < 1.29 is 4.74 Å². The molecule has 102 valence electrons. The number of rotatable bonds is 8. The summed E-state index contributed by atoms with van der Waals surface area (Å²) in [7, 11) is 0. The Labute approximate surface area is 109 Å². The van der Waals surface area contributed by atoms with E-state index in [1.54, 1.807) is 0 Å². The van der Waals surface area contributed by atoms with Crippen molar-refractivity contribution in [2.45, 2.75) is 40.0 Å². The predicted molar refractivity (Wildman–Crippen MR) is 72.8 cm³/mol. The predicted octanol–water partition coefficient (Wildman–Crippen LogP) is 1.87. The standard InChI is InChI=1S/C12H23N5O/c1-4-7-8-17(6-3)11-14-10(13)15-12(16-11)18-9-5-2/h4-9H2,1-3H3,(H2,13,14,15,16). The molecule has 6 nitrogen and oxygen atoms in total. The van der Waals surface area contributed by atoms with Crippen LogP contribution in [0.1, 0.15) is 40.0 Å². The van der Waals surface area contributed by atoms with Gasteiger partial charge in [0.1, 0.15) is 0 Å². The van der Waals surface area contributed by atoms with Crippen molar-refractivity contribution >= 4 is 11.9 Å². The molecule has 0 spiro atoms. The highest BCUT2D eigenvalue weighted by molar-refractivity contribution is 5.35. The van der Waals surface area contributed by atoms with Gasteiger partial charge < -0.3 is 15.4 Å². The quantitative estimate of drug-likeness (QED) is 0.762. The fraction of sp³-hybridized carbons (Fsp3) is 0.750. The van der Waals surface area contributed by atoms with Gasteiger partial charge >= 0.3 is 6.01 Å². The van der Waals surface area contributed by atoms with Crippen LogP contribution in [0.4, 0.5) is 11.9 Å². The van der Waals surface area contributed by atoms with E-state index in [1.165, 1.54) is 0 Å². The van der Waals surface area contributed by atoms with E-state index in [9.17, 15) is 0 Å². The summed E-state index contributed by atoms with van der Waals surface area (Å²) in [6.07, 6.45) is 3.15. The molecule has 0 amide bonds. The van der Waals surface area contributed by atoms with E-state index in [0.717, 1.165) is 32.4 Å². The zero-order valence-corrected chi connectivity index (χ0v) is 11.5. The van der Waals surface area contributed by atoms with Gasteiger partial charge in [-0.3, -0.25) is 0 Å². The van der Waals surface area contributed by atoms with E-state index in [4.69, 9.17) is 10.5 Å². The lowest BCUT2D eigenvalue weighted by molar-refractivity contribution is 0.292. The van der Waals surface area contributed by atoms with E-state index in [1.807, 2.05) is 6.92 Å². The summed E-state index contributed by atoms with van der Waals surface area (Å²) in [6, 6.07) is 0.314. The molecule has 0 aliphatic heterocycles. The molecule has 1 aromatic rings. The molecule has 6 heteroatoms. The molecule has 1 heterocycles. The highest BCUT2D eigenvalue weighted by Crippen LogP contribution is 2.14. The van der Waals surface area contributed by atoms with Crippen LogP contribution in [-0.4, -0.2) is 34.6 Å². The van der Waals surface area contributed by atoms with Gasteiger partial charge in [0.2, 0.25) is 11.9 Å². The molecule has 1 aromatic heterocycles. The van der Waals surface area contributed by atoms with E-state index in [2.05, 4.69) is 33.7 Å². The summed E-state index contributed by atoms with van der Waals surface area (Å²) >= 11 is 0. The fourth-order valence-corrected chi connectivity index (χ4v) is 1.51. The summed E-state index contributed by atoms with van der Waals surface area (Å²) in [4.78, 5) is 14.5. The van der Waals surface area contributed by atoms with Crippen molar-refractivity contribution in [1.82, 2.24) is 15.0 Å². The highest BCUT2D eigenvalue weighted by atomic mass is 16.5. The van der Waals surface area contributed by atoms with Crippen LogP contribution in [0.15, 0.2) is 0 Å². The van der Waals surface area contributed by atoms with Crippen LogP contribution < -0.4 is 15.4 Å². The van der Waals surface area contributed by atoms with Gasteiger partial charge in [-0.25, -0.2) is 0 Å². The van der Waals surface area contributed by atoms with Crippen LogP contribution in [0.25, 0.3) is 0 Å². The molecule has 2 N–H and O–H groups in total. The first-order valence-electron chi connectivity index (χ1n) is 6.60. The Morgan fingerprint density at radius 3 is 2.50 bits per heavy atom. The number of aromatic nitrogens is 3. The normalized spacial score (nSPS) is 10.4. The number of unbranched alkanes of at least 4 members (excludes halogenated alkanes) is 1. The van der Waals surface area contributed by atoms with Gasteiger partial charge in [0.25, 0.3) is 0 Å². The lowest BCUT2D eigenvalue weighted by atomic mass is 10.3. The first-order chi connectivity index (χ1) is 8.71. The molecular formula is C12H23N5O. The van der Waals surface area contributed by atoms with E-state index in [-0.39, 0.29) is 5.95 Å². The summed E-state index contributed by atoms with van der Waals surface area (Å²) in [5.74, 6) is 0.811. The monoisotopic (exact) mass is 253 g/mol. The van der Waals surface area contributed by atoms with Crippen LogP contribution in [0.5, 0.6) is 6.01 Å². The molecule has 0 radical (unpaired) electrons. The van der Waals surface area contributed by atoms with Crippen molar-refractivity contribution in [1.29, 1.82) is 0 Å². The summed E-state index contributed by atoms with van der Waals surface area (Å²) < 4.78 is 5.41. The van der Waals surface area contributed by atoms with Crippen molar-refractivity contribution in [2.75, 3.05) is 30.3 Å². The van der Waals surface area contributed by atoms with Crippen LogP contribution in [-0.2, 0) is 0 Å². The largest absolute Gasteiger partial charge is 0.463 e. The Morgan fingerprint density at radius 2 is 1.89 bits per heavy atom. The Bertz CT molecular complexity index is 358. The molecule has 18 heavy (non-hydrogen) atoms. The van der Waals surface area contributed by atoms with Crippen molar-refractivity contribution in [2.24, 2.45) is 0 Å². The molecule has 0 bridgehead atoms. The van der Waals surface area contributed by atoms with Crippen molar-refractivity contribution in [3.63, 3.8) is 0 Å². The molecule has 0 atom stereocenters. The van der Waals surface area contributed by atoms with Gasteiger partial charge in [-0.15, -0.1) is 0 Å². The molecule has 0 aliphatic carbocycles. The minimum atomic E-state index is 0.209. The van der Waals surface area contributed by atoms with Gasteiger partial charge in [-0.05, 0) is 19.8 Å². The van der Waals surface area contributed by atoms with Gasteiger partial charge in [-0.1, -0.05) is 20.3 Å². The lowest BCUT2D eigenvalue weighted by Crippen LogP contribution is -2.26. The zero-order chi connectivity index (χ0) is 13.4. The Morgan fingerprint density at radius 1 is 1.11 bits per heavy atom. The molecular weight excluding hydrogens is 230 g/mol. The van der Waals surface area contributed by atoms with E-state index in [0.29, 0.717) is 18.6 Å². The maximum absolute atomic E-state index is 5.68. The average Bonchev–Trinajstić information content (AvgIpc) is 2.37. The molecule has 0 saturated carbocycles. The smallest absolute Gasteiger partial charge is 0.323 e. The van der Waals surface area contributed by atoms with Crippen LogP contribution in [0, 0.1) is 0 Å². The maximum atomic E-state index is 5.68. The molecule has 0 fully saturated rings. The average molecular weight is 253 g/mol. The second-order valence-electron chi connectivity index (χ2n) is 4.06. The Hall–Kier alpha value is -1.59. The molecule has 0 aromatic carbocycles. The number of nitrogens with zero attached hydrogens (tertiary/aromatic N) is 4. The minimum Gasteiger partial charge on any atom is -0.463 e. The third-order valence-electron chi connectivity index (χ3n) is 2.50. The summed E-state index contributed by atoms with van der Waals surface area (Å²) in [5, 5.41) is 0. The number of hydrogen-bond donors (Lipinski definition) is 1. The first kappa shape index (κ1) is 14.5. The fourth-order valence-electron chi connectivity index (χ4n) is 1.51. The highest BCUT2D eigenvalue weighted by Gasteiger charge is 2.11. The lowest BCUT2D eigenvalue weighted by Gasteiger charge is -2.20. The van der Waals surface area contributed by atoms with Gasteiger partial charge in [0, 0.05) is 13.1 Å². The minimum absolute atomic E-state index is 0.209. The maximum Gasteiger partial charge on any atom is 0.323 e. The topological polar surface area (TPSA) is 77.2 Å². The van der Waals surface area contributed by atoms with E-state index < -0.39 is 0 Å². The zero-order valence-electron chi connectivity index (χ0n) is 11.5. The van der Waals surface area contributed by atoms with Crippen LogP contribution in [0.3, 0.4) is 0 Å². The molecule has 0 aliphatic rings. The van der Waals surface area contributed by atoms with Crippen molar-refractivity contribution in [3.8, 4) is 6.01 Å². The third kappa shape index (κ3) is 4.35. The van der Waals surface area contributed by atoms with Gasteiger partial charge in [0.05, 0.1) is 6.61 Å². The molecule has 1 rings (SSSR count). The third-order valence-corrected chi connectivity index (χ3v) is 2.50. The SMILES string of the molecule is CCCCN(CC)c1nc(N)nc(OCCC)n1. The van der Waals surface area contributed by atoms with Gasteiger partial charge in [0.15, 0.2) is 0 Å². The number of nitrogens with two attached hydrogens (primary N) is 1. The first-order valence-corrected chi connectivity index (χ1v) is 6.60. The van der Waals surface area contributed by atoms with E-state index >= 15 is 0 Å². The Kier molecular flexibility index (Phi) is 6.18. The number of ether oxygens (including phenoxy) is 1. The van der Waals surface area contributed by atoms with Crippen LogP contribution >= 0.6 is 0 Å². The van der Waals surface area contributed by atoms with Crippen molar-refractivity contribution in [3.05, 3.63) is 0 Å². The Balaban J connectivity index is 2.81. The number of hydrogen-bond acceptors (Lipinski definition) is 6. The second-order valence-corrected chi connectivity index (χ2v) is 4.06.